The number of carbonyl (C=O) groups is 1. The lowest BCUT2D eigenvalue weighted by Crippen LogP contribution is -2.30. The van der Waals surface area contributed by atoms with Crippen molar-refractivity contribution in [2.45, 2.75) is 6.92 Å². The standard InChI is InChI=1S/C16H18ClN3O2/c1-11-3-2-4-13(9-11)22-8-7-19-15-6-5-12(17)10-14(15)16(21)20-18/h2-6,9-10,19H,7-8,18H2,1H3,(H,20,21). The van der Waals surface area contributed by atoms with Gasteiger partial charge in [0.15, 0.2) is 0 Å². The van der Waals surface area contributed by atoms with Crippen molar-refractivity contribution in [3.63, 3.8) is 0 Å². The van der Waals surface area contributed by atoms with Crippen LogP contribution >= 0.6 is 11.6 Å². The molecule has 0 aliphatic carbocycles. The van der Waals surface area contributed by atoms with Crippen molar-refractivity contribution in [3.05, 3.63) is 58.6 Å². The Kier molecular flexibility index (Phi) is 5.63. The van der Waals surface area contributed by atoms with E-state index >= 15 is 0 Å². The van der Waals surface area contributed by atoms with E-state index in [0.29, 0.717) is 29.4 Å². The van der Waals surface area contributed by atoms with Crippen LogP contribution in [0.5, 0.6) is 5.75 Å². The highest BCUT2D eigenvalue weighted by Crippen LogP contribution is 2.20. The zero-order chi connectivity index (χ0) is 15.9. The molecule has 0 aliphatic heterocycles. The average molecular weight is 320 g/mol. The van der Waals surface area contributed by atoms with E-state index in [1.807, 2.05) is 31.2 Å². The van der Waals surface area contributed by atoms with Crippen molar-refractivity contribution in [1.29, 1.82) is 0 Å². The fourth-order valence-electron chi connectivity index (χ4n) is 2.00. The maximum atomic E-state index is 11.7. The van der Waals surface area contributed by atoms with E-state index in [0.717, 1.165) is 11.3 Å². The molecule has 2 aromatic carbocycles. The number of hydrazine groups is 1. The summed E-state index contributed by atoms with van der Waals surface area (Å²) < 4.78 is 5.65. The molecule has 0 aromatic heterocycles. The van der Waals surface area contributed by atoms with Crippen molar-refractivity contribution in [3.8, 4) is 5.75 Å². The van der Waals surface area contributed by atoms with Gasteiger partial charge in [-0.3, -0.25) is 10.2 Å². The fraction of sp³-hybridized carbons (Fsp3) is 0.188. The van der Waals surface area contributed by atoms with Gasteiger partial charge >= 0.3 is 0 Å². The topological polar surface area (TPSA) is 76.4 Å². The number of carbonyl (C=O) groups excluding carboxylic acids is 1. The lowest BCUT2D eigenvalue weighted by atomic mass is 10.1. The smallest absolute Gasteiger partial charge is 0.267 e. The SMILES string of the molecule is Cc1cccc(OCCNc2ccc(Cl)cc2C(=O)NN)c1. The molecule has 0 aliphatic rings. The first-order valence-electron chi connectivity index (χ1n) is 6.84. The normalized spacial score (nSPS) is 10.1. The number of rotatable bonds is 6. The largest absolute Gasteiger partial charge is 0.492 e. The molecule has 0 spiro atoms. The monoisotopic (exact) mass is 319 g/mol. The van der Waals surface area contributed by atoms with Gasteiger partial charge in [-0.05, 0) is 42.8 Å². The lowest BCUT2D eigenvalue weighted by Gasteiger charge is -2.12. The van der Waals surface area contributed by atoms with Gasteiger partial charge in [0, 0.05) is 17.3 Å². The Hall–Kier alpha value is -2.24. The Morgan fingerprint density at radius 3 is 2.82 bits per heavy atom. The maximum absolute atomic E-state index is 11.7. The van der Waals surface area contributed by atoms with E-state index in [1.165, 1.54) is 0 Å². The van der Waals surface area contributed by atoms with Crippen molar-refractivity contribution in [1.82, 2.24) is 5.43 Å². The van der Waals surface area contributed by atoms with Crippen LogP contribution in [0, 0.1) is 6.92 Å². The Bertz CT molecular complexity index is 662. The second-order valence-corrected chi connectivity index (χ2v) is 5.19. The number of amides is 1. The Balaban J connectivity index is 1.93. The minimum Gasteiger partial charge on any atom is -0.492 e. The average Bonchev–Trinajstić information content (AvgIpc) is 2.52. The molecule has 4 N–H and O–H groups in total. The van der Waals surface area contributed by atoms with Crippen LogP contribution in [0.2, 0.25) is 5.02 Å². The molecule has 22 heavy (non-hydrogen) atoms. The number of hydrogen-bond donors (Lipinski definition) is 3. The molecule has 0 bridgehead atoms. The van der Waals surface area contributed by atoms with Gasteiger partial charge in [0.2, 0.25) is 0 Å². The van der Waals surface area contributed by atoms with E-state index < -0.39 is 5.91 Å². The molecule has 0 saturated carbocycles. The number of benzene rings is 2. The number of nitrogens with one attached hydrogen (secondary N) is 2. The van der Waals surface area contributed by atoms with Crippen LogP contribution < -0.4 is 21.3 Å². The number of hydrogen-bond acceptors (Lipinski definition) is 4. The van der Waals surface area contributed by atoms with Crippen molar-refractivity contribution in [2.75, 3.05) is 18.5 Å². The molecule has 5 nitrogen and oxygen atoms in total. The minimum atomic E-state index is -0.399. The van der Waals surface area contributed by atoms with E-state index in [2.05, 4.69) is 10.7 Å². The summed E-state index contributed by atoms with van der Waals surface area (Å²) in [6, 6.07) is 12.8. The molecule has 2 aromatic rings. The quantitative estimate of drug-likeness (QED) is 0.331. The second-order valence-electron chi connectivity index (χ2n) is 4.76. The molecular formula is C16H18ClN3O2. The van der Waals surface area contributed by atoms with Gasteiger partial charge in [-0.25, -0.2) is 5.84 Å². The first-order valence-corrected chi connectivity index (χ1v) is 7.22. The third kappa shape index (κ3) is 4.38. The molecule has 0 fully saturated rings. The van der Waals surface area contributed by atoms with Crippen LogP contribution in [-0.4, -0.2) is 19.1 Å². The van der Waals surface area contributed by atoms with E-state index in [4.69, 9.17) is 22.2 Å². The molecule has 6 heteroatoms. The summed E-state index contributed by atoms with van der Waals surface area (Å²) in [5, 5.41) is 3.61. The van der Waals surface area contributed by atoms with Crippen LogP contribution in [0.15, 0.2) is 42.5 Å². The lowest BCUT2D eigenvalue weighted by molar-refractivity contribution is 0.0954. The molecular weight excluding hydrogens is 302 g/mol. The van der Waals surface area contributed by atoms with Crippen LogP contribution in [0.4, 0.5) is 5.69 Å². The van der Waals surface area contributed by atoms with Crippen molar-refractivity contribution < 1.29 is 9.53 Å². The van der Waals surface area contributed by atoms with Gasteiger partial charge in [-0.15, -0.1) is 0 Å². The summed E-state index contributed by atoms with van der Waals surface area (Å²) >= 11 is 5.90. The number of nitrogens with two attached hydrogens (primary N) is 1. The number of halogens is 1. The van der Waals surface area contributed by atoms with Gasteiger partial charge in [0.1, 0.15) is 12.4 Å². The summed E-state index contributed by atoms with van der Waals surface area (Å²) in [6.07, 6.45) is 0. The predicted octanol–water partition coefficient (Wildman–Crippen LogP) is 2.74. The van der Waals surface area contributed by atoms with Crippen LogP contribution in [-0.2, 0) is 0 Å². The summed E-state index contributed by atoms with van der Waals surface area (Å²) in [5.74, 6) is 5.59. The Morgan fingerprint density at radius 2 is 2.09 bits per heavy atom. The number of anilines is 1. The molecule has 116 valence electrons. The summed E-state index contributed by atoms with van der Waals surface area (Å²) in [4.78, 5) is 11.7. The highest BCUT2D eigenvalue weighted by molar-refractivity contribution is 6.31. The van der Waals surface area contributed by atoms with E-state index in [9.17, 15) is 4.79 Å². The predicted molar refractivity (Wildman–Crippen MR) is 88.3 cm³/mol. The number of aryl methyl sites for hydroxylation is 1. The van der Waals surface area contributed by atoms with Crippen LogP contribution in [0.1, 0.15) is 15.9 Å². The molecule has 1 amide bonds. The highest BCUT2D eigenvalue weighted by atomic mass is 35.5. The number of ether oxygens (including phenoxy) is 1. The molecule has 2 rings (SSSR count). The minimum absolute atomic E-state index is 0.394. The first-order chi connectivity index (χ1) is 10.6. The third-order valence-electron chi connectivity index (χ3n) is 3.03. The van der Waals surface area contributed by atoms with Gasteiger partial charge in [0.05, 0.1) is 5.56 Å². The molecule has 0 radical (unpaired) electrons. The Labute approximate surface area is 134 Å². The molecule has 0 atom stereocenters. The van der Waals surface area contributed by atoms with Crippen molar-refractivity contribution >= 4 is 23.2 Å². The number of nitrogen functional groups attached to an aromatic ring is 1. The zero-order valence-electron chi connectivity index (χ0n) is 12.2. The van der Waals surface area contributed by atoms with Crippen LogP contribution in [0.25, 0.3) is 0 Å². The Morgan fingerprint density at radius 1 is 1.27 bits per heavy atom. The molecule has 0 unspecified atom stereocenters. The molecule has 0 saturated heterocycles. The van der Waals surface area contributed by atoms with Gasteiger partial charge < -0.3 is 10.1 Å². The first kappa shape index (κ1) is 16.1. The zero-order valence-corrected chi connectivity index (χ0v) is 13.0. The van der Waals surface area contributed by atoms with Gasteiger partial charge in [-0.2, -0.15) is 0 Å². The summed E-state index contributed by atoms with van der Waals surface area (Å²) in [6.45, 7) is 3.02. The van der Waals surface area contributed by atoms with E-state index in [-0.39, 0.29) is 0 Å². The summed E-state index contributed by atoms with van der Waals surface area (Å²) in [7, 11) is 0. The van der Waals surface area contributed by atoms with Gasteiger partial charge in [-0.1, -0.05) is 23.7 Å². The van der Waals surface area contributed by atoms with E-state index in [1.54, 1.807) is 18.2 Å². The second kappa shape index (κ2) is 7.68. The summed E-state index contributed by atoms with van der Waals surface area (Å²) in [5.41, 5.74) is 4.29. The third-order valence-corrected chi connectivity index (χ3v) is 3.27. The molecule has 0 heterocycles. The highest BCUT2D eigenvalue weighted by Gasteiger charge is 2.10. The fourth-order valence-corrected chi connectivity index (χ4v) is 2.17. The van der Waals surface area contributed by atoms with Crippen molar-refractivity contribution in [2.24, 2.45) is 5.84 Å². The van der Waals surface area contributed by atoms with Gasteiger partial charge in [0.25, 0.3) is 5.91 Å². The maximum Gasteiger partial charge on any atom is 0.267 e. The van der Waals surface area contributed by atoms with Crippen LogP contribution in [0.3, 0.4) is 0 Å².